The first-order valence-electron chi connectivity index (χ1n) is 9.21. The molecule has 8 heteroatoms. The molecule has 2 aromatic carbocycles. The van der Waals surface area contributed by atoms with Crippen LogP contribution in [0.5, 0.6) is 0 Å². The highest BCUT2D eigenvalue weighted by Gasteiger charge is 2.34. The molecule has 152 valence electrons. The predicted molar refractivity (Wildman–Crippen MR) is 112 cm³/mol. The van der Waals surface area contributed by atoms with E-state index in [2.05, 4.69) is 15.9 Å². The molecule has 0 aliphatic carbocycles. The van der Waals surface area contributed by atoms with Gasteiger partial charge in [0.15, 0.2) is 9.84 Å². The first-order chi connectivity index (χ1) is 13.8. The summed E-state index contributed by atoms with van der Waals surface area (Å²) in [6, 6.07) is 11.1. The average molecular weight is 480 g/mol. The molecule has 1 saturated heterocycles. The van der Waals surface area contributed by atoms with Gasteiger partial charge in [0, 0.05) is 28.0 Å². The number of carbonyl (C=O) groups excluding carboxylic acids is 1. The molecule has 2 heterocycles. The van der Waals surface area contributed by atoms with Crippen molar-refractivity contribution in [1.29, 1.82) is 0 Å². The molecular formula is C21H19BrFNO4S. The van der Waals surface area contributed by atoms with E-state index < -0.39 is 9.84 Å². The first kappa shape index (κ1) is 20.1. The van der Waals surface area contributed by atoms with Gasteiger partial charge in [0.2, 0.25) is 5.91 Å². The van der Waals surface area contributed by atoms with Crippen molar-refractivity contribution in [2.45, 2.75) is 25.4 Å². The van der Waals surface area contributed by atoms with E-state index in [0.717, 1.165) is 21.0 Å². The molecule has 0 saturated carbocycles. The topological polar surface area (TPSA) is 67.6 Å². The van der Waals surface area contributed by atoms with E-state index in [9.17, 15) is 17.6 Å². The summed E-state index contributed by atoms with van der Waals surface area (Å²) in [5.41, 5.74) is 2.18. The van der Waals surface area contributed by atoms with Crippen molar-refractivity contribution in [3.63, 3.8) is 0 Å². The minimum Gasteiger partial charge on any atom is -0.464 e. The number of carbonyl (C=O) groups is 1. The lowest BCUT2D eigenvalue weighted by Gasteiger charge is -2.28. The number of fused-ring (bicyclic) bond motifs is 1. The number of benzene rings is 2. The molecule has 1 unspecified atom stereocenters. The van der Waals surface area contributed by atoms with Gasteiger partial charge < -0.3 is 9.32 Å². The molecule has 1 amide bonds. The zero-order valence-corrected chi connectivity index (χ0v) is 17.9. The summed E-state index contributed by atoms with van der Waals surface area (Å²) in [4.78, 5) is 14.8. The Labute approximate surface area is 176 Å². The predicted octanol–water partition coefficient (Wildman–Crippen LogP) is 4.09. The normalized spacial score (nSPS) is 18.2. The lowest BCUT2D eigenvalue weighted by molar-refractivity contribution is -0.133. The zero-order chi connectivity index (χ0) is 20.6. The van der Waals surface area contributed by atoms with Gasteiger partial charge in [0.25, 0.3) is 0 Å². The van der Waals surface area contributed by atoms with Gasteiger partial charge in [-0.3, -0.25) is 4.79 Å². The molecule has 0 spiro atoms. The van der Waals surface area contributed by atoms with Gasteiger partial charge in [0.05, 0.1) is 24.2 Å². The molecule has 0 bridgehead atoms. The van der Waals surface area contributed by atoms with Crippen molar-refractivity contribution < 1.29 is 22.0 Å². The fourth-order valence-corrected chi connectivity index (χ4v) is 5.78. The second kappa shape index (κ2) is 7.91. The Morgan fingerprint density at radius 3 is 2.66 bits per heavy atom. The largest absolute Gasteiger partial charge is 0.464 e. The number of nitrogens with zero attached hydrogens (tertiary/aromatic N) is 1. The first-order valence-corrected chi connectivity index (χ1v) is 11.8. The quantitative estimate of drug-likeness (QED) is 0.552. The molecule has 1 fully saturated rings. The van der Waals surface area contributed by atoms with Crippen LogP contribution in [0.2, 0.25) is 0 Å². The van der Waals surface area contributed by atoms with Gasteiger partial charge in [-0.15, -0.1) is 0 Å². The van der Waals surface area contributed by atoms with Crippen LogP contribution in [0, 0.1) is 5.82 Å². The highest BCUT2D eigenvalue weighted by molar-refractivity contribution is 9.10. The van der Waals surface area contributed by atoms with E-state index >= 15 is 0 Å². The van der Waals surface area contributed by atoms with Gasteiger partial charge in [-0.1, -0.05) is 28.1 Å². The number of hydrogen-bond donors (Lipinski definition) is 0. The third-order valence-electron chi connectivity index (χ3n) is 5.19. The SMILES string of the molecule is O=C(Cc1coc2ccc(Br)cc12)N(Cc1ccc(F)cc1)C1CCS(=O)(=O)C1. The molecule has 1 aromatic heterocycles. The second-order valence-electron chi connectivity index (χ2n) is 7.28. The van der Waals surface area contributed by atoms with E-state index in [4.69, 9.17) is 4.42 Å². The Morgan fingerprint density at radius 1 is 1.21 bits per heavy atom. The Bertz CT molecular complexity index is 1160. The summed E-state index contributed by atoms with van der Waals surface area (Å²) in [6.07, 6.45) is 2.07. The molecule has 5 nitrogen and oxygen atoms in total. The maximum absolute atomic E-state index is 13.2. The van der Waals surface area contributed by atoms with Crippen molar-refractivity contribution in [2.24, 2.45) is 0 Å². The Balaban J connectivity index is 1.61. The van der Waals surface area contributed by atoms with E-state index in [0.29, 0.717) is 12.0 Å². The molecule has 0 radical (unpaired) electrons. The zero-order valence-electron chi connectivity index (χ0n) is 15.5. The van der Waals surface area contributed by atoms with Crippen LogP contribution in [0.15, 0.2) is 57.6 Å². The highest BCUT2D eigenvalue weighted by Crippen LogP contribution is 2.27. The Morgan fingerprint density at radius 2 is 1.97 bits per heavy atom. The van der Waals surface area contributed by atoms with E-state index in [1.54, 1.807) is 23.3 Å². The number of rotatable bonds is 5. The minimum absolute atomic E-state index is 0.0440. The van der Waals surface area contributed by atoms with E-state index in [1.165, 1.54) is 12.1 Å². The van der Waals surface area contributed by atoms with Crippen molar-refractivity contribution in [2.75, 3.05) is 11.5 Å². The number of amides is 1. The average Bonchev–Trinajstić information content (AvgIpc) is 3.23. The van der Waals surface area contributed by atoms with Gasteiger partial charge >= 0.3 is 0 Å². The van der Waals surface area contributed by atoms with Crippen LogP contribution < -0.4 is 0 Å². The van der Waals surface area contributed by atoms with Crippen LogP contribution in [0.4, 0.5) is 4.39 Å². The fourth-order valence-electron chi connectivity index (χ4n) is 3.68. The van der Waals surface area contributed by atoms with Gasteiger partial charge in [-0.25, -0.2) is 12.8 Å². The van der Waals surface area contributed by atoms with Crippen molar-refractivity contribution in [3.8, 4) is 0 Å². The highest BCUT2D eigenvalue weighted by atomic mass is 79.9. The second-order valence-corrected chi connectivity index (χ2v) is 10.4. The van der Waals surface area contributed by atoms with Crippen LogP contribution in [0.25, 0.3) is 11.0 Å². The maximum Gasteiger partial charge on any atom is 0.227 e. The van der Waals surface area contributed by atoms with Crippen LogP contribution in [-0.2, 0) is 27.6 Å². The van der Waals surface area contributed by atoms with Crippen LogP contribution in [0.1, 0.15) is 17.5 Å². The molecule has 1 aliphatic heterocycles. The van der Waals surface area contributed by atoms with Crippen molar-refractivity contribution >= 4 is 42.6 Å². The monoisotopic (exact) mass is 479 g/mol. The van der Waals surface area contributed by atoms with E-state index in [-0.39, 0.29) is 42.2 Å². The smallest absolute Gasteiger partial charge is 0.227 e. The summed E-state index contributed by atoms with van der Waals surface area (Å²) < 4.78 is 43.6. The van der Waals surface area contributed by atoms with E-state index in [1.807, 2.05) is 18.2 Å². The maximum atomic E-state index is 13.2. The Kier molecular flexibility index (Phi) is 5.48. The Hall–Kier alpha value is -2.19. The van der Waals surface area contributed by atoms with Gasteiger partial charge in [-0.05, 0) is 42.3 Å². The molecule has 3 aromatic rings. The number of furan rings is 1. The van der Waals surface area contributed by atoms with Gasteiger partial charge in [-0.2, -0.15) is 0 Å². The summed E-state index contributed by atoms with van der Waals surface area (Å²) >= 11 is 3.43. The van der Waals surface area contributed by atoms with Gasteiger partial charge in [0.1, 0.15) is 11.4 Å². The lowest BCUT2D eigenvalue weighted by Crippen LogP contribution is -2.41. The van der Waals surface area contributed by atoms with Crippen LogP contribution in [0.3, 0.4) is 0 Å². The summed E-state index contributed by atoms with van der Waals surface area (Å²) in [5, 5.41) is 0.841. The third-order valence-corrected chi connectivity index (χ3v) is 7.44. The molecular weight excluding hydrogens is 461 g/mol. The lowest BCUT2D eigenvalue weighted by atomic mass is 10.1. The molecule has 4 rings (SSSR count). The standard InChI is InChI=1S/C21H19BrFNO4S/c22-16-3-6-20-19(10-16)15(12-28-20)9-21(25)24(18-7-8-29(26,27)13-18)11-14-1-4-17(23)5-2-14/h1-6,10,12,18H,7-9,11,13H2. The number of halogens is 2. The molecule has 1 atom stereocenters. The van der Waals surface area contributed by atoms with Crippen LogP contribution in [-0.4, -0.2) is 36.8 Å². The summed E-state index contributed by atoms with van der Waals surface area (Å²) in [7, 11) is -3.15. The summed E-state index contributed by atoms with van der Waals surface area (Å²) in [5.74, 6) is -0.506. The van der Waals surface area contributed by atoms with Crippen LogP contribution >= 0.6 is 15.9 Å². The fraction of sp³-hybridized carbons (Fsp3) is 0.286. The molecule has 0 N–H and O–H groups in total. The third kappa shape index (κ3) is 4.53. The van der Waals surface area contributed by atoms with Crippen molar-refractivity contribution in [3.05, 3.63) is 70.1 Å². The number of sulfone groups is 1. The minimum atomic E-state index is -3.15. The summed E-state index contributed by atoms with van der Waals surface area (Å²) in [6.45, 7) is 0.235. The molecule has 1 aliphatic rings. The number of hydrogen-bond acceptors (Lipinski definition) is 4. The molecule has 29 heavy (non-hydrogen) atoms. The van der Waals surface area contributed by atoms with Crippen molar-refractivity contribution in [1.82, 2.24) is 4.90 Å².